The Hall–Kier alpha value is -1.53. The number of ether oxygens (including phenoxy) is 1. The first kappa shape index (κ1) is 15.5. The van der Waals surface area contributed by atoms with Gasteiger partial charge in [-0.25, -0.2) is 0 Å². The van der Waals surface area contributed by atoms with E-state index in [1.807, 2.05) is 0 Å². The number of amides is 1. The van der Waals surface area contributed by atoms with E-state index >= 15 is 0 Å². The van der Waals surface area contributed by atoms with E-state index in [1.54, 1.807) is 0 Å². The first-order valence-corrected chi connectivity index (χ1v) is 4.82. The summed E-state index contributed by atoms with van der Waals surface area (Å²) in [4.78, 5) is 23.0. The lowest BCUT2D eigenvalue weighted by Crippen LogP contribution is -2.32. The summed E-state index contributed by atoms with van der Waals surface area (Å²) in [6.45, 7) is 0.910. The number of carbonyl (C=O) groups is 2. The van der Waals surface area contributed by atoms with E-state index in [1.165, 1.54) is 14.0 Å². The molecule has 0 aromatic heterocycles. The second-order valence-electron chi connectivity index (χ2n) is 3.29. The van der Waals surface area contributed by atoms with Crippen LogP contribution in [0, 0.1) is 0 Å². The molecule has 17 heavy (non-hydrogen) atoms. The third-order valence-electron chi connectivity index (χ3n) is 2.01. The van der Waals surface area contributed by atoms with Gasteiger partial charge in [-0.15, -0.1) is 0 Å². The van der Waals surface area contributed by atoms with Gasteiger partial charge in [0, 0.05) is 18.7 Å². The van der Waals surface area contributed by atoms with E-state index in [4.69, 9.17) is 0 Å². The van der Waals surface area contributed by atoms with Gasteiger partial charge in [0.25, 0.3) is 0 Å². The number of esters is 1. The Balaban J connectivity index is 4.71. The maximum atomic E-state index is 12.3. The molecule has 0 aliphatic rings. The summed E-state index contributed by atoms with van der Waals surface area (Å²) in [7, 11) is 2.35. The zero-order valence-corrected chi connectivity index (χ0v) is 9.80. The fourth-order valence-corrected chi connectivity index (χ4v) is 0.980. The highest BCUT2D eigenvalue weighted by Gasteiger charge is 2.33. The van der Waals surface area contributed by atoms with Crippen molar-refractivity contribution in [3.8, 4) is 0 Å². The third kappa shape index (κ3) is 5.37. The van der Waals surface area contributed by atoms with Crippen molar-refractivity contribution in [3.05, 3.63) is 11.6 Å². The third-order valence-corrected chi connectivity index (χ3v) is 2.01. The van der Waals surface area contributed by atoms with Crippen LogP contribution in [0.25, 0.3) is 0 Å². The molecule has 0 saturated carbocycles. The fraction of sp³-hybridized carbons (Fsp3) is 0.600. The molecule has 0 fully saturated rings. The van der Waals surface area contributed by atoms with E-state index in [2.05, 4.69) is 4.74 Å². The summed E-state index contributed by atoms with van der Waals surface area (Å²) < 4.78 is 41.3. The van der Waals surface area contributed by atoms with Crippen molar-refractivity contribution in [2.45, 2.75) is 19.5 Å². The van der Waals surface area contributed by atoms with E-state index in [0.717, 1.165) is 12.0 Å². The Morgan fingerprint density at radius 3 is 2.24 bits per heavy atom. The number of methoxy groups -OCH3 is 1. The Morgan fingerprint density at radius 2 is 1.88 bits per heavy atom. The van der Waals surface area contributed by atoms with Crippen LogP contribution < -0.4 is 0 Å². The zero-order chi connectivity index (χ0) is 13.6. The van der Waals surface area contributed by atoms with E-state index < -0.39 is 23.6 Å². The average Bonchev–Trinajstić information content (AvgIpc) is 2.23. The van der Waals surface area contributed by atoms with Crippen LogP contribution >= 0.6 is 0 Å². The number of hydrogen-bond acceptors (Lipinski definition) is 3. The molecule has 0 atom stereocenters. The Bertz CT molecular complexity index is 323. The fourth-order valence-electron chi connectivity index (χ4n) is 0.980. The molecule has 4 nitrogen and oxygen atoms in total. The van der Waals surface area contributed by atoms with Crippen LogP contribution in [0.15, 0.2) is 11.6 Å². The van der Waals surface area contributed by atoms with Crippen molar-refractivity contribution >= 4 is 11.9 Å². The molecule has 98 valence electrons. The molecule has 0 aromatic carbocycles. The molecule has 0 heterocycles. The number of rotatable bonds is 4. The number of likely N-dealkylation sites (N-methyl/N-ethyl adjacent to an activating group) is 1. The van der Waals surface area contributed by atoms with E-state index in [9.17, 15) is 22.8 Å². The second kappa shape index (κ2) is 6.27. The number of hydrogen-bond donors (Lipinski definition) is 0. The van der Waals surface area contributed by atoms with Gasteiger partial charge in [0.2, 0.25) is 5.91 Å². The summed E-state index contributed by atoms with van der Waals surface area (Å²) in [6.07, 6.45) is -4.35. The molecule has 0 aromatic rings. The lowest BCUT2D eigenvalue weighted by atomic mass is 10.2. The van der Waals surface area contributed by atoms with Crippen LogP contribution in [0.3, 0.4) is 0 Å². The highest BCUT2D eigenvalue weighted by molar-refractivity contribution is 5.90. The minimum atomic E-state index is -4.53. The zero-order valence-electron chi connectivity index (χ0n) is 9.80. The van der Waals surface area contributed by atoms with Crippen LogP contribution in [0.4, 0.5) is 13.2 Å². The van der Waals surface area contributed by atoms with Gasteiger partial charge in [0.15, 0.2) is 0 Å². The molecule has 0 bridgehead atoms. The molecule has 7 heteroatoms. The molecule has 0 radical (unpaired) electrons. The lowest BCUT2D eigenvalue weighted by Gasteiger charge is -2.15. The predicted molar refractivity (Wildman–Crippen MR) is 54.1 cm³/mol. The molecule has 1 amide bonds. The predicted octanol–water partition coefficient (Wildman–Crippen LogP) is 1.52. The highest BCUT2D eigenvalue weighted by atomic mass is 19.4. The van der Waals surface area contributed by atoms with Crippen LogP contribution in [-0.4, -0.2) is 43.7 Å². The van der Waals surface area contributed by atoms with E-state index in [-0.39, 0.29) is 13.0 Å². The van der Waals surface area contributed by atoms with Crippen molar-refractivity contribution in [3.63, 3.8) is 0 Å². The molecule has 0 aliphatic carbocycles. The van der Waals surface area contributed by atoms with Crippen molar-refractivity contribution in [2.24, 2.45) is 0 Å². The summed E-state index contributed by atoms with van der Waals surface area (Å²) in [5.41, 5.74) is -0.931. The number of nitrogens with zero attached hydrogens (tertiary/aromatic N) is 1. The van der Waals surface area contributed by atoms with Gasteiger partial charge < -0.3 is 9.64 Å². The molecular formula is C10H14F3NO3. The monoisotopic (exact) mass is 253 g/mol. The highest BCUT2D eigenvalue weighted by Crippen LogP contribution is 2.27. The van der Waals surface area contributed by atoms with Gasteiger partial charge >= 0.3 is 12.1 Å². The molecule has 0 saturated heterocycles. The van der Waals surface area contributed by atoms with Crippen LogP contribution in [-0.2, 0) is 14.3 Å². The standard InChI is InChI=1S/C10H14F3NO3/c1-4-7(10(11,12)13)5-8(15)14(2)6-9(16)17-3/h5H,4,6H2,1-3H3/b7-5+. The number of alkyl halides is 3. The Labute approximate surface area is 97.0 Å². The SMILES string of the molecule is CC/C(=C\C(=O)N(C)CC(=O)OC)C(F)(F)F. The first-order chi connectivity index (χ1) is 7.72. The topological polar surface area (TPSA) is 46.6 Å². The van der Waals surface area contributed by atoms with Crippen LogP contribution in [0.1, 0.15) is 13.3 Å². The number of carbonyl (C=O) groups excluding carboxylic acids is 2. The van der Waals surface area contributed by atoms with Gasteiger partial charge in [0.05, 0.1) is 7.11 Å². The molecule has 0 aliphatic heterocycles. The maximum Gasteiger partial charge on any atom is 0.412 e. The summed E-state index contributed by atoms with van der Waals surface area (Å²) in [5.74, 6) is -1.58. The minimum Gasteiger partial charge on any atom is -0.468 e. The van der Waals surface area contributed by atoms with Crippen molar-refractivity contribution in [1.82, 2.24) is 4.90 Å². The van der Waals surface area contributed by atoms with Gasteiger partial charge in [0.1, 0.15) is 6.54 Å². The molecule has 0 rings (SSSR count). The van der Waals surface area contributed by atoms with Gasteiger partial charge in [-0.1, -0.05) is 6.92 Å². The normalized spacial score (nSPS) is 12.2. The number of halogens is 3. The Morgan fingerprint density at radius 1 is 1.35 bits per heavy atom. The molecule has 0 N–H and O–H groups in total. The summed E-state index contributed by atoms with van der Waals surface area (Å²) in [5, 5.41) is 0. The average molecular weight is 253 g/mol. The van der Waals surface area contributed by atoms with Crippen LogP contribution in [0.2, 0.25) is 0 Å². The van der Waals surface area contributed by atoms with Gasteiger partial charge in [-0.05, 0) is 6.42 Å². The van der Waals surface area contributed by atoms with Crippen molar-refractivity contribution in [1.29, 1.82) is 0 Å². The van der Waals surface area contributed by atoms with Crippen molar-refractivity contribution in [2.75, 3.05) is 20.7 Å². The Kier molecular flexibility index (Phi) is 5.70. The summed E-state index contributed by atoms with van der Waals surface area (Å²) >= 11 is 0. The maximum absolute atomic E-state index is 12.3. The number of allylic oxidation sites excluding steroid dienone is 1. The first-order valence-electron chi connectivity index (χ1n) is 4.82. The van der Waals surface area contributed by atoms with Crippen LogP contribution in [0.5, 0.6) is 0 Å². The quantitative estimate of drug-likeness (QED) is 0.563. The molecule has 0 spiro atoms. The van der Waals surface area contributed by atoms with Gasteiger partial charge in [-0.3, -0.25) is 9.59 Å². The van der Waals surface area contributed by atoms with Gasteiger partial charge in [-0.2, -0.15) is 13.2 Å². The molecule has 0 unspecified atom stereocenters. The van der Waals surface area contributed by atoms with Crippen molar-refractivity contribution < 1.29 is 27.5 Å². The minimum absolute atomic E-state index is 0.304. The lowest BCUT2D eigenvalue weighted by molar-refractivity contribution is -0.144. The smallest absolute Gasteiger partial charge is 0.412 e. The molecular weight excluding hydrogens is 239 g/mol. The second-order valence-corrected chi connectivity index (χ2v) is 3.29. The van der Waals surface area contributed by atoms with E-state index in [0.29, 0.717) is 6.08 Å². The largest absolute Gasteiger partial charge is 0.468 e. The summed E-state index contributed by atoms with van der Waals surface area (Å²) in [6, 6.07) is 0.